The Bertz CT molecular complexity index is 570. The van der Waals surface area contributed by atoms with E-state index in [0.717, 1.165) is 0 Å². The maximum Gasteiger partial charge on any atom is 0.346 e. The average molecular weight is 299 g/mol. The predicted octanol–water partition coefficient (Wildman–Crippen LogP) is 0.435. The lowest BCUT2D eigenvalue weighted by atomic mass is 10.2. The van der Waals surface area contributed by atoms with Crippen molar-refractivity contribution in [3.8, 4) is 0 Å². The van der Waals surface area contributed by atoms with E-state index < -0.39 is 5.69 Å². The highest BCUT2D eigenvalue weighted by molar-refractivity contribution is 7.98. The van der Waals surface area contributed by atoms with Crippen LogP contribution in [-0.4, -0.2) is 53.7 Å². The van der Waals surface area contributed by atoms with Crippen molar-refractivity contribution in [1.29, 1.82) is 0 Å². The molecule has 0 aliphatic heterocycles. The number of rotatable bonds is 5. The quantitative estimate of drug-likeness (QED) is 0.482. The van der Waals surface area contributed by atoms with Crippen LogP contribution in [0.15, 0.2) is 9.82 Å². The van der Waals surface area contributed by atoms with Crippen molar-refractivity contribution in [3.63, 3.8) is 0 Å². The van der Waals surface area contributed by atoms with Gasteiger partial charge in [-0.2, -0.15) is 4.98 Å². The van der Waals surface area contributed by atoms with Gasteiger partial charge in [0.25, 0.3) is 5.91 Å². The van der Waals surface area contributed by atoms with Crippen LogP contribution in [0.3, 0.4) is 0 Å². The Morgan fingerprint density at radius 2 is 2.10 bits per heavy atom. The first-order chi connectivity index (χ1) is 9.40. The van der Waals surface area contributed by atoms with Crippen LogP contribution in [0.25, 0.3) is 0 Å². The molecule has 7 nitrogen and oxygen atoms in total. The van der Waals surface area contributed by atoms with Gasteiger partial charge >= 0.3 is 11.7 Å². The van der Waals surface area contributed by atoms with Gasteiger partial charge in [0.05, 0.1) is 19.1 Å². The highest BCUT2D eigenvalue weighted by atomic mass is 32.2. The Morgan fingerprint density at radius 1 is 1.45 bits per heavy atom. The number of carbonyl (C=O) groups excluding carboxylic acids is 2. The van der Waals surface area contributed by atoms with E-state index in [2.05, 4.69) is 14.7 Å². The summed E-state index contributed by atoms with van der Waals surface area (Å²) in [6, 6.07) is 0. The second-order valence-corrected chi connectivity index (χ2v) is 4.90. The standard InChI is InChI=1S/C12H17N3O4S/c1-7-9(10(20-4)14-12(18)13-7)11(17)15(2)6-5-8(16)19-3/h5-6H2,1-4H3,(H,13,14,18). The van der Waals surface area contributed by atoms with E-state index in [1.807, 2.05) is 0 Å². The van der Waals surface area contributed by atoms with Crippen LogP contribution in [0.4, 0.5) is 0 Å². The lowest BCUT2D eigenvalue weighted by molar-refractivity contribution is -0.140. The molecule has 1 amide bonds. The van der Waals surface area contributed by atoms with Gasteiger partial charge in [0.15, 0.2) is 0 Å². The van der Waals surface area contributed by atoms with Gasteiger partial charge in [-0.25, -0.2) is 4.79 Å². The molecule has 1 heterocycles. The summed E-state index contributed by atoms with van der Waals surface area (Å²) in [5.41, 5.74) is 0.328. The zero-order valence-corrected chi connectivity index (χ0v) is 12.7. The molecule has 1 N–H and O–H groups in total. The first-order valence-electron chi connectivity index (χ1n) is 5.87. The van der Waals surface area contributed by atoms with Crippen molar-refractivity contribution < 1.29 is 14.3 Å². The summed E-state index contributed by atoms with van der Waals surface area (Å²) in [7, 11) is 2.88. The van der Waals surface area contributed by atoms with Crippen molar-refractivity contribution in [2.45, 2.75) is 18.4 Å². The predicted molar refractivity (Wildman–Crippen MR) is 75.0 cm³/mol. The molecule has 0 atom stereocenters. The zero-order chi connectivity index (χ0) is 15.3. The minimum absolute atomic E-state index is 0.114. The fourth-order valence-electron chi connectivity index (χ4n) is 1.61. The van der Waals surface area contributed by atoms with Gasteiger partial charge in [0, 0.05) is 19.3 Å². The second kappa shape index (κ2) is 7.09. The first-order valence-corrected chi connectivity index (χ1v) is 7.10. The SMILES string of the molecule is COC(=O)CCN(C)C(=O)c1c(SC)nc(=O)[nH]c1C. The Morgan fingerprint density at radius 3 is 2.65 bits per heavy atom. The Kier molecular flexibility index (Phi) is 5.75. The molecule has 0 aliphatic carbocycles. The molecule has 0 bridgehead atoms. The lowest BCUT2D eigenvalue weighted by Crippen LogP contribution is -2.32. The van der Waals surface area contributed by atoms with Crippen molar-refractivity contribution >= 4 is 23.6 Å². The Balaban J connectivity index is 2.97. The number of carbonyl (C=O) groups is 2. The molecule has 0 aliphatic rings. The van der Waals surface area contributed by atoms with Gasteiger partial charge in [-0.1, -0.05) is 0 Å². The molecule has 110 valence electrons. The minimum atomic E-state index is -0.486. The normalized spacial score (nSPS) is 10.2. The van der Waals surface area contributed by atoms with E-state index in [9.17, 15) is 14.4 Å². The average Bonchev–Trinajstić information content (AvgIpc) is 2.42. The van der Waals surface area contributed by atoms with Gasteiger partial charge in [0.1, 0.15) is 5.03 Å². The van der Waals surface area contributed by atoms with Gasteiger partial charge in [0.2, 0.25) is 0 Å². The van der Waals surface area contributed by atoms with Crippen molar-refractivity contribution in [2.24, 2.45) is 0 Å². The summed E-state index contributed by atoms with van der Waals surface area (Å²) in [6.45, 7) is 1.88. The second-order valence-electron chi connectivity index (χ2n) is 4.10. The minimum Gasteiger partial charge on any atom is -0.469 e. The highest BCUT2D eigenvalue weighted by Crippen LogP contribution is 2.19. The van der Waals surface area contributed by atoms with Crippen LogP contribution in [0.5, 0.6) is 0 Å². The summed E-state index contributed by atoms with van der Waals surface area (Å²) < 4.78 is 4.53. The topological polar surface area (TPSA) is 92.4 Å². The molecule has 1 rings (SSSR count). The molecule has 0 spiro atoms. The number of aryl methyl sites for hydroxylation is 1. The molecular weight excluding hydrogens is 282 g/mol. The molecule has 1 aromatic heterocycles. The van der Waals surface area contributed by atoms with Crippen molar-refractivity contribution in [3.05, 3.63) is 21.7 Å². The van der Waals surface area contributed by atoms with Crippen molar-refractivity contribution in [1.82, 2.24) is 14.9 Å². The summed E-state index contributed by atoms with van der Waals surface area (Å²) in [4.78, 5) is 42.4. The summed E-state index contributed by atoms with van der Waals surface area (Å²) in [5, 5.41) is 0.376. The van der Waals surface area contributed by atoms with Gasteiger partial charge < -0.3 is 14.6 Å². The zero-order valence-electron chi connectivity index (χ0n) is 11.8. The number of nitrogens with zero attached hydrogens (tertiary/aromatic N) is 2. The van der Waals surface area contributed by atoms with Gasteiger partial charge in [-0.15, -0.1) is 11.8 Å². The third-order valence-corrected chi connectivity index (χ3v) is 3.40. The number of methoxy groups -OCH3 is 1. The fraction of sp³-hybridized carbons (Fsp3) is 0.500. The summed E-state index contributed by atoms with van der Waals surface area (Å²) >= 11 is 1.23. The molecule has 0 aromatic carbocycles. The lowest BCUT2D eigenvalue weighted by Gasteiger charge is -2.18. The number of amides is 1. The third-order valence-electron chi connectivity index (χ3n) is 2.72. The first kappa shape index (κ1) is 16.2. The number of aromatic amines is 1. The molecule has 20 heavy (non-hydrogen) atoms. The van der Waals surface area contributed by atoms with Crippen LogP contribution in [0.1, 0.15) is 22.5 Å². The van der Waals surface area contributed by atoms with Crippen LogP contribution < -0.4 is 5.69 Å². The smallest absolute Gasteiger partial charge is 0.346 e. The summed E-state index contributed by atoms with van der Waals surface area (Å²) in [6.07, 6.45) is 1.86. The molecule has 1 aromatic rings. The van der Waals surface area contributed by atoms with Crippen molar-refractivity contribution in [2.75, 3.05) is 27.0 Å². The third kappa shape index (κ3) is 3.83. The Hall–Kier alpha value is -1.83. The number of ether oxygens (including phenoxy) is 1. The molecule has 0 saturated heterocycles. The highest BCUT2D eigenvalue weighted by Gasteiger charge is 2.20. The monoisotopic (exact) mass is 299 g/mol. The maximum atomic E-state index is 12.4. The number of H-pyrrole nitrogens is 1. The van der Waals surface area contributed by atoms with Crippen LogP contribution >= 0.6 is 11.8 Å². The number of nitrogens with one attached hydrogen (secondary N) is 1. The van der Waals surface area contributed by atoms with E-state index in [1.54, 1.807) is 20.2 Å². The Labute approximate surface area is 120 Å². The van der Waals surface area contributed by atoms with E-state index in [1.165, 1.54) is 23.8 Å². The molecule has 0 saturated carbocycles. The largest absolute Gasteiger partial charge is 0.469 e. The van der Waals surface area contributed by atoms with E-state index in [-0.39, 0.29) is 24.8 Å². The number of hydrogen-bond acceptors (Lipinski definition) is 6. The maximum absolute atomic E-state index is 12.4. The van der Waals surface area contributed by atoms with Crippen LogP contribution in [-0.2, 0) is 9.53 Å². The number of hydrogen-bond donors (Lipinski definition) is 1. The fourth-order valence-corrected chi connectivity index (χ4v) is 2.23. The van der Waals surface area contributed by atoms with Gasteiger partial charge in [-0.3, -0.25) is 9.59 Å². The molecular formula is C12H17N3O4S. The summed E-state index contributed by atoms with van der Waals surface area (Å²) in [5.74, 6) is -0.675. The van der Waals surface area contributed by atoms with E-state index in [4.69, 9.17) is 0 Å². The van der Waals surface area contributed by atoms with Crippen LogP contribution in [0, 0.1) is 6.92 Å². The van der Waals surface area contributed by atoms with Crippen LogP contribution in [0.2, 0.25) is 0 Å². The number of thioether (sulfide) groups is 1. The molecule has 0 radical (unpaired) electrons. The van der Waals surface area contributed by atoms with Gasteiger partial charge in [-0.05, 0) is 13.2 Å². The number of esters is 1. The van der Waals surface area contributed by atoms with E-state index >= 15 is 0 Å². The number of aromatic nitrogens is 2. The molecule has 8 heteroatoms. The van der Waals surface area contributed by atoms with E-state index in [0.29, 0.717) is 16.3 Å². The molecule has 0 fully saturated rings. The molecule has 0 unspecified atom stereocenters.